The quantitative estimate of drug-likeness (QED) is 0.432. The molecule has 3 rings (SSSR count). The molecule has 0 fully saturated rings. The van der Waals surface area contributed by atoms with Crippen LogP contribution < -0.4 is 10.1 Å². The number of carbonyl (C=O) groups excluding carboxylic acids is 2. The minimum atomic E-state index is -0.373. The zero-order chi connectivity index (χ0) is 21.7. The monoisotopic (exact) mass is 441 g/mol. The van der Waals surface area contributed by atoms with Crippen molar-refractivity contribution in [2.24, 2.45) is 0 Å². The Morgan fingerprint density at radius 2 is 1.73 bits per heavy atom. The summed E-state index contributed by atoms with van der Waals surface area (Å²) in [6, 6.07) is 17.3. The van der Waals surface area contributed by atoms with Crippen molar-refractivity contribution in [2.75, 3.05) is 11.9 Å². The van der Waals surface area contributed by atoms with Gasteiger partial charge in [-0.2, -0.15) is 0 Å². The van der Waals surface area contributed by atoms with E-state index in [0.29, 0.717) is 44.8 Å². The van der Waals surface area contributed by atoms with Crippen molar-refractivity contribution >= 4 is 40.6 Å². The summed E-state index contributed by atoms with van der Waals surface area (Å²) >= 11 is 12.4. The fourth-order valence-electron chi connectivity index (χ4n) is 3.07. The molecular weight excluding hydrogens is 421 g/mol. The van der Waals surface area contributed by atoms with Gasteiger partial charge in [0.25, 0.3) is 5.91 Å². The first-order valence-corrected chi connectivity index (χ1v) is 10.3. The van der Waals surface area contributed by atoms with Crippen molar-refractivity contribution in [1.29, 1.82) is 0 Å². The Morgan fingerprint density at radius 3 is 2.47 bits per heavy atom. The molecule has 0 aliphatic carbocycles. The number of aryl methyl sites for hydroxylation is 1. The van der Waals surface area contributed by atoms with E-state index in [4.69, 9.17) is 27.9 Å². The molecule has 1 amide bonds. The average molecular weight is 442 g/mol. The van der Waals surface area contributed by atoms with Crippen LogP contribution in [-0.2, 0) is 6.42 Å². The third-order valence-electron chi connectivity index (χ3n) is 4.53. The Bertz CT molecular complexity index is 1100. The van der Waals surface area contributed by atoms with Crippen LogP contribution >= 0.6 is 23.2 Å². The average Bonchev–Trinajstić information content (AvgIpc) is 2.70. The van der Waals surface area contributed by atoms with Gasteiger partial charge in [-0.15, -0.1) is 0 Å². The van der Waals surface area contributed by atoms with Crippen molar-refractivity contribution in [3.05, 3.63) is 93.0 Å². The van der Waals surface area contributed by atoms with E-state index in [1.54, 1.807) is 48.5 Å². The molecule has 0 aliphatic heterocycles. The topological polar surface area (TPSA) is 55.4 Å². The Hall–Kier alpha value is -2.82. The molecule has 0 aliphatic rings. The highest BCUT2D eigenvalue weighted by atomic mass is 35.5. The van der Waals surface area contributed by atoms with E-state index in [1.807, 2.05) is 26.0 Å². The summed E-state index contributed by atoms with van der Waals surface area (Å²) < 4.78 is 5.56. The second-order valence-electron chi connectivity index (χ2n) is 6.77. The molecule has 0 radical (unpaired) electrons. The summed E-state index contributed by atoms with van der Waals surface area (Å²) in [6.45, 7) is 4.25. The first-order chi connectivity index (χ1) is 14.4. The minimum Gasteiger partial charge on any atom is -0.492 e. The lowest BCUT2D eigenvalue weighted by molar-refractivity contribution is 0.0992. The van der Waals surface area contributed by atoms with Crippen LogP contribution in [0.4, 0.5) is 5.69 Å². The third-order valence-corrected chi connectivity index (χ3v) is 5.08. The Balaban J connectivity index is 1.88. The number of carbonyl (C=O) groups is 2. The molecule has 0 saturated carbocycles. The second kappa shape index (κ2) is 9.79. The van der Waals surface area contributed by atoms with Gasteiger partial charge < -0.3 is 10.1 Å². The van der Waals surface area contributed by atoms with Gasteiger partial charge in [-0.25, -0.2) is 0 Å². The maximum atomic E-state index is 13.0. The van der Waals surface area contributed by atoms with Gasteiger partial charge >= 0.3 is 0 Å². The van der Waals surface area contributed by atoms with Crippen LogP contribution in [0, 0.1) is 6.92 Å². The number of nitrogens with one attached hydrogen (secondary N) is 1. The van der Waals surface area contributed by atoms with Gasteiger partial charge in [0, 0.05) is 22.6 Å². The number of hydrogen-bond acceptors (Lipinski definition) is 3. The number of Topliss-reactive ketones (excluding diaryl/α,β-unsaturated/α-hetero) is 1. The van der Waals surface area contributed by atoms with Crippen molar-refractivity contribution in [1.82, 2.24) is 0 Å². The number of rotatable bonds is 7. The maximum Gasteiger partial charge on any atom is 0.256 e. The van der Waals surface area contributed by atoms with Gasteiger partial charge in [0.05, 0.1) is 17.3 Å². The van der Waals surface area contributed by atoms with Crippen LogP contribution in [0.3, 0.4) is 0 Å². The van der Waals surface area contributed by atoms with Gasteiger partial charge in [-0.1, -0.05) is 47.5 Å². The molecule has 0 bridgehead atoms. The number of ether oxygens (including phenoxy) is 1. The molecule has 4 nitrogen and oxygen atoms in total. The van der Waals surface area contributed by atoms with Gasteiger partial charge in [0.2, 0.25) is 0 Å². The highest BCUT2D eigenvalue weighted by molar-refractivity contribution is 6.34. The van der Waals surface area contributed by atoms with Crippen molar-refractivity contribution in [2.45, 2.75) is 20.3 Å². The van der Waals surface area contributed by atoms with E-state index in [2.05, 4.69) is 5.32 Å². The molecule has 3 aromatic rings. The highest BCUT2D eigenvalue weighted by Gasteiger charge is 2.18. The molecule has 6 heteroatoms. The molecule has 0 saturated heterocycles. The molecular formula is C24H21Cl2NO3. The standard InChI is InChI=1S/C24H21Cl2NO3/c1-3-30-23-7-5-4-6-21(23)27-24(29)19-14-17(25)10-9-16(19)13-22(28)18-11-8-15(2)12-20(18)26/h4-12,14H,3,13H2,1-2H3,(H,27,29). The van der Waals surface area contributed by atoms with Crippen LogP contribution in [0.2, 0.25) is 10.0 Å². The summed E-state index contributed by atoms with van der Waals surface area (Å²) in [6.07, 6.45) is 0.0236. The van der Waals surface area contributed by atoms with Crippen molar-refractivity contribution in [3.63, 3.8) is 0 Å². The lowest BCUT2D eigenvalue weighted by atomic mass is 9.97. The molecule has 1 N–H and O–H groups in total. The van der Waals surface area contributed by atoms with Crippen LogP contribution in [0.5, 0.6) is 5.75 Å². The maximum absolute atomic E-state index is 13.0. The SMILES string of the molecule is CCOc1ccccc1NC(=O)c1cc(Cl)ccc1CC(=O)c1ccc(C)cc1Cl. The smallest absolute Gasteiger partial charge is 0.256 e. The predicted octanol–water partition coefficient (Wildman–Crippen LogP) is 6.38. The molecule has 154 valence electrons. The zero-order valence-corrected chi connectivity index (χ0v) is 18.2. The van der Waals surface area contributed by atoms with Crippen molar-refractivity contribution < 1.29 is 14.3 Å². The Morgan fingerprint density at radius 1 is 0.967 bits per heavy atom. The number of benzene rings is 3. The number of hydrogen-bond donors (Lipinski definition) is 1. The largest absolute Gasteiger partial charge is 0.492 e. The van der Waals surface area contributed by atoms with Crippen LogP contribution in [0.1, 0.15) is 38.8 Å². The summed E-state index contributed by atoms with van der Waals surface area (Å²) in [7, 11) is 0. The first kappa shape index (κ1) is 21.9. The number of amides is 1. The van der Waals surface area contributed by atoms with Gasteiger partial charge in [0.15, 0.2) is 5.78 Å². The fraction of sp³-hybridized carbons (Fsp3) is 0.167. The van der Waals surface area contributed by atoms with E-state index < -0.39 is 0 Å². The number of halogens is 2. The molecule has 0 aromatic heterocycles. The summed E-state index contributed by atoms with van der Waals surface area (Å²) in [5.74, 6) is 0.0213. The number of ketones is 1. The van der Waals surface area contributed by atoms with Crippen LogP contribution in [0.15, 0.2) is 60.7 Å². The Kier molecular flexibility index (Phi) is 7.14. The fourth-order valence-corrected chi connectivity index (χ4v) is 3.58. The molecule has 3 aromatic carbocycles. The summed E-state index contributed by atoms with van der Waals surface area (Å²) in [4.78, 5) is 25.8. The normalized spacial score (nSPS) is 10.5. The van der Waals surface area contributed by atoms with E-state index in [-0.39, 0.29) is 18.1 Å². The first-order valence-electron chi connectivity index (χ1n) is 9.50. The van der Waals surface area contributed by atoms with E-state index >= 15 is 0 Å². The molecule has 0 spiro atoms. The number of anilines is 1. The molecule has 0 unspecified atom stereocenters. The minimum absolute atomic E-state index is 0.0236. The van der Waals surface area contributed by atoms with E-state index in [1.165, 1.54) is 0 Å². The van der Waals surface area contributed by atoms with Gasteiger partial charge in [-0.05, 0) is 61.4 Å². The zero-order valence-electron chi connectivity index (χ0n) is 16.7. The summed E-state index contributed by atoms with van der Waals surface area (Å²) in [5.41, 5.74) is 2.82. The molecule has 0 heterocycles. The van der Waals surface area contributed by atoms with Gasteiger partial charge in [0.1, 0.15) is 5.75 Å². The number of para-hydroxylation sites is 2. The lowest BCUT2D eigenvalue weighted by Gasteiger charge is -2.14. The van der Waals surface area contributed by atoms with Crippen LogP contribution in [0.25, 0.3) is 0 Å². The van der Waals surface area contributed by atoms with E-state index in [9.17, 15) is 9.59 Å². The lowest BCUT2D eigenvalue weighted by Crippen LogP contribution is -2.17. The Labute approximate surface area is 185 Å². The predicted molar refractivity (Wildman–Crippen MR) is 121 cm³/mol. The summed E-state index contributed by atoms with van der Waals surface area (Å²) in [5, 5.41) is 3.65. The van der Waals surface area contributed by atoms with Crippen molar-refractivity contribution in [3.8, 4) is 5.75 Å². The second-order valence-corrected chi connectivity index (χ2v) is 7.61. The highest BCUT2D eigenvalue weighted by Crippen LogP contribution is 2.26. The van der Waals surface area contributed by atoms with E-state index in [0.717, 1.165) is 5.56 Å². The van der Waals surface area contributed by atoms with Crippen LogP contribution in [-0.4, -0.2) is 18.3 Å². The third kappa shape index (κ3) is 5.21. The van der Waals surface area contributed by atoms with Gasteiger partial charge in [-0.3, -0.25) is 9.59 Å². The molecule has 0 atom stereocenters. The molecule has 30 heavy (non-hydrogen) atoms.